The minimum atomic E-state index is -0.387. The number of nitriles is 1. The van der Waals surface area contributed by atoms with Crippen molar-refractivity contribution in [3.8, 4) is 6.07 Å². The number of thiophene rings is 1. The minimum Gasteiger partial charge on any atom is -0.321 e. The van der Waals surface area contributed by atoms with Crippen molar-refractivity contribution in [3.63, 3.8) is 0 Å². The maximum Gasteiger partial charge on any atom is 0.266 e. The van der Waals surface area contributed by atoms with Crippen LogP contribution in [0, 0.1) is 21.8 Å². The lowest BCUT2D eigenvalue weighted by Crippen LogP contribution is -2.13. The highest BCUT2D eigenvalue weighted by molar-refractivity contribution is 14.1. The summed E-state index contributed by atoms with van der Waals surface area (Å²) in [6.45, 7) is 1.95. The van der Waals surface area contributed by atoms with Gasteiger partial charge in [0.2, 0.25) is 0 Å². The van der Waals surface area contributed by atoms with Gasteiger partial charge < -0.3 is 5.32 Å². The number of nitrogens with zero attached hydrogens (tertiary/aromatic N) is 1. The summed E-state index contributed by atoms with van der Waals surface area (Å²) in [7, 11) is 0. The summed E-state index contributed by atoms with van der Waals surface area (Å²) < 4.78 is 1.09. The van der Waals surface area contributed by atoms with E-state index in [2.05, 4.69) is 27.9 Å². The molecule has 1 aromatic heterocycles. The van der Waals surface area contributed by atoms with Gasteiger partial charge in [-0.05, 0) is 76.9 Å². The first kappa shape index (κ1) is 14.8. The molecule has 1 heterocycles. The Hall–Kier alpha value is -1.65. The Kier molecular flexibility index (Phi) is 4.93. The molecule has 0 radical (unpaired) electrons. The largest absolute Gasteiger partial charge is 0.321 e. The molecule has 2 rings (SSSR count). The molecule has 0 saturated carbocycles. The Morgan fingerprint density at radius 1 is 1.35 bits per heavy atom. The Bertz CT molecular complexity index is 695. The zero-order valence-electron chi connectivity index (χ0n) is 10.7. The molecule has 1 aromatic carbocycles. The molecule has 0 bridgehead atoms. The van der Waals surface area contributed by atoms with Crippen molar-refractivity contribution in [3.05, 3.63) is 55.3 Å². The zero-order valence-corrected chi connectivity index (χ0v) is 13.7. The van der Waals surface area contributed by atoms with Crippen LogP contribution in [0.5, 0.6) is 0 Å². The number of nitrogens with one attached hydrogen (secondary N) is 1. The summed E-state index contributed by atoms with van der Waals surface area (Å²) >= 11 is 3.70. The van der Waals surface area contributed by atoms with Crippen molar-refractivity contribution >= 4 is 51.6 Å². The molecule has 3 nitrogen and oxygen atoms in total. The molecule has 0 fully saturated rings. The number of anilines is 1. The van der Waals surface area contributed by atoms with Gasteiger partial charge in [-0.3, -0.25) is 4.79 Å². The number of aryl methyl sites for hydroxylation is 1. The van der Waals surface area contributed by atoms with E-state index in [1.54, 1.807) is 6.08 Å². The van der Waals surface area contributed by atoms with Gasteiger partial charge in [0.25, 0.3) is 5.91 Å². The van der Waals surface area contributed by atoms with Crippen molar-refractivity contribution in [2.75, 3.05) is 5.32 Å². The van der Waals surface area contributed by atoms with Gasteiger partial charge in [-0.25, -0.2) is 0 Å². The maximum atomic E-state index is 12.1. The van der Waals surface area contributed by atoms with Crippen LogP contribution in [-0.4, -0.2) is 5.91 Å². The predicted octanol–water partition coefficient (Wildman–Crippen LogP) is 4.21. The van der Waals surface area contributed by atoms with E-state index in [4.69, 9.17) is 5.26 Å². The Morgan fingerprint density at radius 2 is 2.05 bits per heavy atom. The second-order valence-electron chi connectivity index (χ2n) is 4.10. The summed E-state index contributed by atoms with van der Waals surface area (Å²) in [5, 5.41) is 13.8. The summed E-state index contributed by atoms with van der Waals surface area (Å²) in [5.41, 5.74) is 1.85. The lowest BCUT2D eigenvalue weighted by molar-refractivity contribution is -0.112. The van der Waals surface area contributed by atoms with E-state index in [-0.39, 0.29) is 11.5 Å². The van der Waals surface area contributed by atoms with Crippen molar-refractivity contribution in [1.82, 2.24) is 0 Å². The van der Waals surface area contributed by atoms with Crippen molar-refractivity contribution < 1.29 is 4.79 Å². The summed E-state index contributed by atoms with van der Waals surface area (Å²) in [6.07, 6.45) is 1.63. The van der Waals surface area contributed by atoms with E-state index in [9.17, 15) is 4.79 Å². The van der Waals surface area contributed by atoms with E-state index >= 15 is 0 Å². The molecule has 0 aliphatic heterocycles. The summed E-state index contributed by atoms with van der Waals surface area (Å²) in [5.74, 6) is -0.387. The fourth-order valence-electron chi connectivity index (χ4n) is 1.54. The second kappa shape index (κ2) is 6.68. The predicted molar refractivity (Wildman–Crippen MR) is 90.4 cm³/mol. The fraction of sp³-hybridized carbons (Fsp3) is 0.0667. The standard InChI is InChI=1S/C15H11IN2OS/c1-10-6-7-20-14(10)8-11(9-17)15(19)18-13-4-2-12(16)3-5-13/h2-8H,1H3,(H,18,19)/b11-8+. The third-order valence-electron chi connectivity index (χ3n) is 2.64. The lowest BCUT2D eigenvalue weighted by Gasteiger charge is -2.04. The molecule has 20 heavy (non-hydrogen) atoms. The van der Waals surface area contributed by atoms with Crippen LogP contribution in [0.2, 0.25) is 0 Å². The van der Waals surface area contributed by atoms with Crippen LogP contribution in [-0.2, 0) is 4.79 Å². The normalized spacial score (nSPS) is 10.9. The van der Waals surface area contributed by atoms with Gasteiger partial charge in [-0.2, -0.15) is 5.26 Å². The van der Waals surface area contributed by atoms with Gasteiger partial charge in [-0.15, -0.1) is 11.3 Å². The molecule has 0 saturated heterocycles. The summed E-state index contributed by atoms with van der Waals surface area (Å²) in [4.78, 5) is 13.0. The number of hydrogen-bond acceptors (Lipinski definition) is 3. The van der Waals surface area contributed by atoms with Gasteiger partial charge in [0.1, 0.15) is 11.6 Å². The van der Waals surface area contributed by atoms with Gasteiger partial charge in [0.05, 0.1) is 0 Å². The topological polar surface area (TPSA) is 52.9 Å². The monoisotopic (exact) mass is 394 g/mol. The number of hydrogen-bond donors (Lipinski definition) is 1. The zero-order chi connectivity index (χ0) is 14.5. The molecular formula is C15H11IN2OS. The quantitative estimate of drug-likeness (QED) is 0.482. The van der Waals surface area contributed by atoms with Crippen LogP contribution in [0.25, 0.3) is 6.08 Å². The average Bonchev–Trinajstić information content (AvgIpc) is 2.84. The molecular weight excluding hydrogens is 383 g/mol. The molecule has 1 amide bonds. The smallest absolute Gasteiger partial charge is 0.266 e. The molecule has 0 aliphatic carbocycles. The van der Waals surface area contributed by atoms with Crippen LogP contribution in [0.3, 0.4) is 0 Å². The molecule has 100 valence electrons. The highest BCUT2D eigenvalue weighted by atomic mass is 127. The second-order valence-corrected chi connectivity index (χ2v) is 6.29. The molecule has 0 aliphatic rings. The summed E-state index contributed by atoms with van der Waals surface area (Å²) in [6, 6.07) is 11.3. The van der Waals surface area contributed by atoms with Crippen LogP contribution in [0.15, 0.2) is 41.3 Å². The third-order valence-corrected chi connectivity index (χ3v) is 4.33. The number of carbonyl (C=O) groups excluding carboxylic acids is 1. The number of rotatable bonds is 3. The number of amides is 1. The third kappa shape index (κ3) is 3.68. The van der Waals surface area contributed by atoms with E-state index in [1.165, 1.54) is 11.3 Å². The van der Waals surface area contributed by atoms with E-state index in [0.717, 1.165) is 14.0 Å². The van der Waals surface area contributed by atoms with Crippen LogP contribution < -0.4 is 5.32 Å². The molecule has 0 spiro atoms. The van der Waals surface area contributed by atoms with Gasteiger partial charge >= 0.3 is 0 Å². The highest BCUT2D eigenvalue weighted by Crippen LogP contribution is 2.20. The van der Waals surface area contributed by atoms with Gasteiger partial charge in [0.15, 0.2) is 0 Å². The SMILES string of the molecule is Cc1ccsc1/C=C(\C#N)C(=O)Nc1ccc(I)cc1. The molecule has 2 aromatic rings. The van der Waals surface area contributed by atoms with E-state index in [1.807, 2.05) is 48.7 Å². The first-order valence-electron chi connectivity index (χ1n) is 5.83. The van der Waals surface area contributed by atoms with Crippen LogP contribution in [0.4, 0.5) is 5.69 Å². The van der Waals surface area contributed by atoms with Crippen molar-refractivity contribution in [1.29, 1.82) is 5.26 Å². The number of carbonyl (C=O) groups is 1. The fourth-order valence-corrected chi connectivity index (χ4v) is 2.76. The Balaban J connectivity index is 2.18. The van der Waals surface area contributed by atoms with E-state index in [0.29, 0.717) is 5.69 Å². The van der Waals surface area contributed by atoms with E-state index < -0.39 is 0 Å². The first-order valence-corrected chi connectivity index (χ1v) is 7.79. The van der Waals surface area contributed by atoms with Crippen molar-refractivity contribution in [2.45, 2.75) is 6.92 Å². The number of halogens is 1. The lowest BCUT2D eigenvalue weighted by atomic mass is 10.2. The Labute approximate surface area is 135 Å². The van der Waals surface area contributed by atoms with Crippen molar-refractivity contribution in [2.24, 2.45) is 0 Å². The minimum absolute atomic E-state index is 0.106. The molecule has 5 heteroatoms. The van der Waals surface area contributed by atoms with Gasteiger partial charge in [0, 0.05) is 14.1 Å². The highest BCUT2D eigenvalue weighted by Gasteiger charge is 2.10. The first-order chi connectivity index (χ1) is 9.60. The Morgan fingerprint density at radius 3 is 2.60 bits per heavy atom. The molecule has 0 atom stereocenters. The maximum absolute atomic E-state index is 12.1. The number of benzene rings is 1. The average molecular weight is 394 g/mol. The van der Waals surface area contributed by atoms with Crippen LogP contribution >= 0.6 is 33.9 Å². The van der Waals surface area contributed by atoms with Crippen LogP contribution in [0.1, 0.15) is 10.4 Å². The van der Waals surface area contributed by atoms with Gasteiger partial charge in [-0.1, -0.05) is 0 Å². The molecule has 1 N–H and O–H groups in total. The molecule has 0 unspecified atom stereocenters.